The van der Waals surface area contributed by atoms with Crippen LogP contribution in [-0.2, 0) is 20.7 Å². The van der Waals surface area contributed by atoms with Crippen molar-refractivity contribution in [3.8, 4) is 22.3 Å². The Morgan fingerprint density at radius 1 is 1.03 bits per heavy atom. The van der Waals surface area contributed by atoms with Crippen LogP contribution >= 0.6 is 11.5 Å². The molecule has 0 bridgehead atoms. The first kappa shape index (κ1) is 23.2. The molecule has 0 saturated carbocycles. The first-order valence-electron chi connectivity index (χ1n) is 9.11. The highest BCUT2D eigenvalue weighted by molar-refractivity contribution is 7.87. The lowest BCUT2D eigenvalue weighted by molar-refractivity contribution is -0.0541. The summed E-state index contributed by atoms with van der Waals surface area (Å²) < 4.78 is 73.3. The first-order valence-corrected chi connectivity index (χ1v) is 11.3. The molecule has 0 atom stereocenters. The second-order valence-electron chi connectivity index (χ2n) is 6.87. The summed E-state index contributed by atoms with van der Waals surface area (Å²) >= 11 is 1.10. The average molecular weight is 473 g/mol. The second-order valence-corrected chi connectivity index (χ2v) is 9.19. The molecule has 11 heteroatoms. The van der Waals surface area contributed by atoms with Crippen LogP contribution in [0.1, 0.15) is 22.3 Å². The molecule has 2 aromatic carbocycles. The molecule has 0 radical (unpaired) electrons. The van der Waals surface area contributed by atoms with Crippen LogP contribution < -0.4 is 4.74 Å². The fourth-order valence-corrected chi connectivity index (χ4v) is 3.72. The maximum Gasteiger partial charge on any atom is 0.523 e. The van der Waals surface area contributed by atoms with E-state index in [1.54, 1.807) is 26.0 Å². The Balaban J connectivity index is 1.69. The minimum atomic E-state index is -5.60. The van der Waals surface area contributed by atoms with Gasteiger partial charge in [0.1, 0.15) is 5.75 Å². The van der Waals surface area contributed by atoms with Crippen LogP contribution in [0.3, 0.4) is 0 Å². The van der Waals surface area contributed by atoms with Gasteiger partial charge in [0.25, 0.3) is 5.19 Å². The van der Waals surface area contributed by atoms with E-state index in [0.29, 0.717) is 27.9 Å². The molecule has 0 unspecified atom stereocenters. The third kappa shape index (κ3) is 5.60. The molecule has 3 rings (SSSR count). The average Bonchev–Trinajstić information content (AvgIpc) is 3.13. The topological polar surface area (TPSA) is 78.4 Å². The van der Waals surface area contributed by atoms with Crippen LogP contribution in [0.15, 0.2) is 36.4 Å². The predicted octanol–water partition coefficient (Wildman–Crippen LogP) is 5.33. The third-order valence-electron chi connectivity index (χ3n) is 4.44. The third-order valence-corrected chi connectivity index (χ3v) is 6.08. The van der Waals surface area contributed by atoms with Gasteiger partial charge in [-0.1, -0.05) is 35.9 Å². The van der Waals surface area contributed by atoms with E-state index in [1.165, 1.54) is 0 Å². The van der Waals surface area contributed by atoms with E-state index in [2.05, 4.69) is 13.5 Å². The second kappa shape index (κ2) is 8.93. The van der Waals surface area contributed by atoms with Gasteiger partial charge in [0.15, 0.2) is 5.82 Å². The van der Waals surface area contributed by atoms with Gasteiger partial charge < -0.3 is 4.74 Å². The lowest BCUT2D eigenvalue weighted by Gasteiger charge is -2.12. The number of hydrogen-bond acceptors (Lipinski definition) is 7. The molecular weight excluding hydrogens is 453 g/mol. The summed E-state index contributed by atoms with van der Waals surface area (Å²) in [5.41, 5.74) is -1.35. The number of nitrogens with zero attached hydrogens (tertiary/aromatic N) is 2. The highest BCUT2D eigenvalue weighted by atomic mass is 32.2. The largest absolute Gasteiger partial charge is 0.523 e. The van der Waals surface area contributed by atoms with Crippen molar-refractivity contribution in [3.63, 3.8) is 0 Å². The van der Waals surface area contributed by atoms with Crippen LogP contribution in [0.2, 0.25) is 0 Å². The SMILES string of the molecule is Cc1ccc(-c2nsc(Oc3cc(C)c(CCOS(=O)(=O)C(F)(F)F)cc3C)n2)cc1. The Morgan fingerprint density at radius 2 is 1.71 bits per heavy atom. The summed E-state index contributed by atoms with van der Waals surface area (Å²) in [7, 11) is -5.60. The quantitative estimate of drug-likeness (QED) is 0.342. The number of alkyl halides is 3. The molecular formula is C20H19F3N2O4S2. The van der Waals surface area contributed by atoms with Crippen LogP contribution in [0.4, 0.5) is 13.2 Å². The van der Waals surface area contributed by atoms with Crippen LogP contribution in [-0.4, -0.2) is 29.9 Å². The van der Waals surface area contributed by atoms with E-state index in [0.717, 1.165) is 28.2 Å². The van der Waals surface area contributed by atoms with Crippen molar-refractivity contribution in [2.75, 3.05) is 6.61 Å². The number of ether oxygens (including phenoxy) is 1. The molecule has 0 aliphatic rings. The van der Waals surface area contributed by atoms with Crippen molar-refractivity contribution in [3.05, 3.63) is 58.7 Å². The summed E-state index contributed by atoms with van der Waals surface area (Å²) in [6, 6.07) is 11.2. The van der Waals surface area contributed by atoms with Gasteiger partial charge in [-0.3, -0.25) is 4.18 Å². The minimum absolute atomic E-state index is 0.00135. The normalized spacial score (nSPS) is 12.2. The minimum Gasteiger partial charge on any atom is -0.430 e. The number of rotatable bonds is 7. The predicted molar refractivity (Wildman–Crippen MR) is 111 cm³/mol. The van der Waals surface area contributed by atoms with Crippen molar-refractivity contribution in [2.45, 2.75) is 32.7 Å². The Bertz CT molecular complexity index is 1170. The van der Waals surface area contributed by atoms with Gasteiger partial charge in [-0.15, -0.1) is 0 Å². The van der Waals surface area contributed by atoms with Crippen molar-refractivity contribution >= 4 is 21.7 Å². The molecule has 166 valence electrons. The van der Waals surface area contributed by atoms with Gasteiger partial charge in [0, 0.05) is 17.1 Å². The maximum absolute atomic E-state index is 12.4. The maximum atomic E-state index is 12.4. The van der Waals surface area contributed by atoms with E-state index in [-0.39, 0.29) is 6.42 Å². The van der Waals surface area contributed by atoms with E-state index in [9.17, 15) is 21.6 Å². The Labute approximate surface area is 182 Å². The highest BCUT2D eigenvalue weighted by Gasteiger charge is 2.47. The fourth-order valence-electron chi connectivity index (χ4n) is 2.72. The smallest absolute Gasteiger partial charge is 0.430 e. The standard InChI is InChI=1S/C20H19F3N2O4S2/c1-12-4-6-15(7-5-12)18-24-19(30-25-18)29-17-11-13(2)16(10-14(17)3)8-9-28-31(26,27)20(21,22)23/h4-7,10-11H,8-9H2,1-3H3. The molecule has 31 heavy (non-hydrogen) atoms. The Hall–Kier alpha value is -2.50. The van der Waals surface area contributed by atoms with Crippen LogP contribution in [0, 0.1) is 20.8 Å². The molecule has 0 saturated heterocycles. The van der Waals surface area contributed by atoms with E-state index < -0.39 is 22.2 Å². The van der Waals surface area contributed by atoms with Gasteiger partial charge in [-0.25, -0.2) is 0 Å². The molecule has 1 aromatic heterocycles. The molecule has 1 heterocycles. The number of halogens is 3. The highest BCUT2D eigenvalue weighted by Crippen LogP contribution is 2.31. The Morgan fingerprint density at radius 3 is 2.35 bits per heavy atom. The van der Waals surface area contributed by atoms with Gasteiger partial charge >= 0.3 is 15.6 Å². The molecule has 0 amide bonds. The number of benzene rings is 2. The van der Waals surface area contributed by atoms with Crippen LogP contribution in [0.5, 0.6) is 10.9 Å². The number of aryl methyl sites for hydroxylation is 3. The van der Waals surface area contributed by atoms with Gasteiger partial charge in [-0.05, 0) is 49.9 Å². The van der Waals surface area contributed by atoms with Gasteiger partial charge in [0.05, 0.1) is 6.61 Å². The zero-order valence-corrected chi connectivity index (χ0v) is 18.5. The molecule has 0 aliphatic heterocycles. The summed E-state index contributed by atoms with van der Waals surface area (Å²) in [5, 5.41) is 0.352. The fraction of sp³-hybridized carbons (Fsp3) is 0.300. The molecule has 0 fully saturated rings. The molecule has 0 spiro atoms. The van der Waals surface area contributed by atoms with E-state index >= 15 is 0 Å². The summed E-state index contributed by atoms with van der Waals surface area (Å²) in [5.74, 6) is 1.07. The number of aromatic nitrogens is 2. The molecule has 3 aromatic rings. The Kier molecular flexibility index (Phi) is 6.68. The number of hydrogen-bond donors (Lipinski definition) is 0. The zero-order valence-electron chi connectivity index (χ0n) is 16.9. The first-order chi connectivity index (χ1) is 14.5. The summed E-state index contributed by atoms with van der Waals surface area (Å²) in [4.78, 5) is 4.39. The zero-order chi connectivity index (χ0) is 22.8. The molecule has 6 nitrogen and oxygen atoms in total. The van der Waals surface area contributed by atoms with Gasteiger partial charge in [0.2, 0.25) is 0 Å². The molecule has 0 aliphatic carbocycles. The molecule has 0 N–H and O–H groups in total. The lowest BCUT2D eigenvalue weighted by atomic mass is 10.0. The van der Waals surface area contributed by atoms with Crippen molar-refractivity contribution in [2.24, 2.45) is 0 Å². The van der Waals surface area contributed by atoms with Crippen molar-refractivity contribution in [1.29, 1.82) is 0 Å². The van der Waals surface area contributed by atoms with E-state index in [4.69, 9.17) is 4.74 Å². The van der Waals surface area contributed by atoms with E-state index in [1.807, 2.05) is 31.2 Å². The monoisotopic (exact) mass is 472 g/mol. The van der Waals surface area contributed by atoms with Crippen molar-refractivity contribution < 1.29 is 30.5 Å². The van der Waals surface area contributed by atoms with Crippen molar-refractivity contribution in [1.82, 2.24) is 9.36 Å². The lowest BCUT2D eigenvalue weighted by Crippen LogP contribution is -2.26. The summed E-state index contributed by atoms with van der Waals surface area (Å²) in [6.45, 7) is 4.90. The van der Waals surface area contributed by atoms with Gasteiger partial charge in [-0.2, -0.15) is 30.9 Å². The van der Waals surface area contributed by atoms with Crippen LogP contribution in [0.25, 0.3) is 11.4 Å². The summed E-state index contributed by atoms with van der Waals surface area (Å²) in [6.07, 6.45) is -0.00135.